The van der Waals surface area contributed by atoms with Gasteiger partial charge >= 0.3 is 0 Å². The molecule has 1 aromatic heterocycles. The van der Waals surface area contributed by atoms with Crippen LogP contribution >= 0.6 is 11.3 Å². The second-order valence-corrected chi connectivity index (χ2v) is 9.24. The van der Waals surface area contributed by atoms with Crippen LogP contribution in [0.1, 0.15) is 38.1 Å². The van der Waals surface area contributed by atoms with Crippen LogP contribution in [0.3, 0.4) is 0 Å². The van der Waals surface area contributed by atoms with Crippen molar-refractivity contribution in [2.75, 3.05) is 13.1 Å². The summed E-state index contributed by atoms with van der Waals surface area (Å²) in [6.07, 6.45) is 0. The highest BCUT2D eigenvalue weighted by molar-refractivity contribution is 7.91. The highest BCUT2D eigenvalue weighted by Crippen LogP contribution is 2.29. The summed E-state index contributed by atoms with van der Waals surface area (Å²) in [6, 6.07) is 1.67. The van der Waals surface area contributed by atoms with Crippen LogP contribution in [-0.2, 0) is 16.6 Å². The average Bonchev–Trinajstić information content (AvgIpc) is 2.69. The van der Waals surface area contributed by atoms with E-state index in [1.807, 2.05) is 34.6 Å². The van der Waals surface area contributed by atoms with Gasteiger partial charge in [-0.2, -0.15) is 4.31 Å². The Hall–Kier alpha value is -0.430. The predicted octanol–water partition coefficient (Wildman–Crippen LogP) is 2.85. The molecule has 0 amide bonds. The number of aliphatic hydroxyl groups is 1. The normalized spacial score (nSPS) is 12.8. The van der Waals surface area contributed by atoms with Crippen molar-refractivity contribution in [3.63, 3.8) is 0 Å². The number of thiophene rings is 1. The summed E-state index contributed by atoms with van der Waals surface area (Å²) >= 11 is 1.17. The lowest BCUT2D eigenvalue weighted by molar-refractivity contribution is 0.285. The van der Waals surface area contributed by atoms with Crippen LogP contribution in [0.15, 0.2) is 10.3 Å². The van der Waals surface area contributed by atoms with Gasteiger partial charge in [-0.3, -0.25) is 0 Å². The van der Waals surface area contributed by atoms with Crippen molar-refractivity contribution in [1.29, 1.82) is 0 Å². The Morgan fingerprint density at radius 2 is 1.70 bits per heavy atom. The first-order valence-electron chi connectivity index (χ1n) is 6.88. The minimum atomic E-state index is -3.46. The van der Waals surface area contributed by atoms with E-state index in [9.17, 15) is 13.5 Å². The van der Waals surface area contributed by atoms with Gasteiger partial charge in [0.1, 0.15) is 4.21 Å². The van der Waals surface area contributed by atoms with Gasteiger partial charge in [0.05, 0.1) is 6.61 Å². The van der Waals surface area contributed by atoms with Gasteiger partial charge in [-0.05, 0) is 30.4 Å². The van der Waals surface area contributed by atoms with Crippen molar-refractivity contribution in [3.8, 4) is 0 Å². The van der Waals surface area contributed by atoms with Crippen LogP contribution in [0.25, 0.3) is 0 Å². The van der Waals surface area contributed by atoms with Crippen LogP contribution < -0.4 is 0 Å². The lowest BCUT2D eigenvalue weighted by Crippen LogP contribution is -2.36. The number of hydrogen-bond acceptors (Lipinski definition) is 4. The molecule has 0 fully saturated rings. The SMILES string of the molecule is Cc1cc(S(=O)(=O)N(CC(C)C)CC(C)C)sc1CO. The van der Waals surface area contributed by atoms with Gasteiger partial charge in [0.2, 0.25) is 0 Å². The van der Waals surface area contributed by atoms with Crippen LogP contribution in [0.5, 0.6) is 0 Å². The van der Waals surface area contributed by atoms with Crippen molar-refractivity contribution in [3.05, 3.63) is 16.5 Å². The van der Waals surface area contributed by atoms with Gasteiger partial charge in [0.25, 0.3) is 10.0 Å². The molecule has 6 heteroatoms. The van der Waals surface area contributed by atoms with Gasteiger partial charge in [0, 0.05) is 18.0 Å². The quantitative estimate of drug-likeness (QED) is 0.841. The second-order valence-electron chi connectivity index (χ2n) is 5.94. The largest absolute Gasteiger partial charge is 0.391 e. The molecule has 0 saturated heterocycles. The molecule has 0 spiro atoms. The summed E-state index contributed by atoms with van der Waals surface area (Å²) in [5.74, 6) is 0.559. The fourth-order valence-corrected chi connectivity index (χ4v) is 5.36. The Kier molecular flexibility index (Phi) is 6.19. The standard InChI is InChI=1S/C14H25NO3S2/c1-10(2)7-15(8-11(3)4)20(17,18)14-6-12(5)13(9-16)19-14/h6,10-11,16H,7-9H2,1-5H3. The zero-order chi connectivity index (χ0) is 15.5. The average molecular weight is 319 g/mol. The Bertz CT molecular complexity index is 523. The lowest BCUT2D eigenvalue weighted by atomic mass is 10.2. The topological polar surface area (TPSA) is 57.6 Å². The molecular formula is C14H25NO3S2. The van der Waals surface area contributed by atoms with Crippen molar-refractivity contribution in [2.24, 2.45) is 11.8 Å². The molecule has 0 unspecified atom stereocenters. The lowest BCUT2D eigenvalue weighted by Gasteiger charge is -2.24. The van der Waals surface area contributed by atoms with Crippen molar-refractivity contribution in [1.82, 2.24) is 4.31 Å². The first-order valence-corrected chi connectivity index (χ1v) is 9.14. The number of aryl methyl sites for hydroxylation is 1. The Morgan fingerprint density at radius 1 is 1.20 bits per heavy atom. The molecule has 4 nitrogen and oxygen atoms in total. The summed E-state index contributed by atoms with van der Waals surface area (Å²) in [5.41, 5.74) is 0.838. The molecular weight excluding hydrogens is 294 g/mol. The highest BCUT2D eigenvalue weighted by Gasteiger charge is 2.28. The van der Waals surface area contributed by atoms with E-state index in [0.717, 1.165) is 10.4 Å². The van der Waals surface area contributed by atoms with Gasteiger partial charge < -0.3 is 5.11 Å². The fourth-order valence-electron chi connectivity index (χ4n) is 1.99. The smallest absolute Gasteiger partial charge is 0.252 e. The summed E-state index contributed by atoms with van der Waals surface area (Å²) in [7, 11) is -3.46. The van der Waals surface area contributed by atoms with E-state index in [1.54, 1.807) is 10.4 Å². The zero-order valence-corrected chi connectivity index (χ0v) is 14.5. The van der Waals surface area contributed by atoms with E-state index in [-0.39, 0.29) is 18.4 Å². The van der Waals surface area contributed by atoms with Crippen LogP contribution in [0, 0.1) is 18.8 Å². The third-order valence-corrected chi connectivity index (χ3v) is 6.38. The molecule has 0 aromatic carbocycles. The summed E-state index contributed by atoms with van der Waals surface area (Å²) in [6.45, 7) is 10.8. The van der Waals surface area contributed by atoms with E-state index in [0.29, 0.717) is 17.3 Å². The zero-order valence-electron chi connectivity index (χ0n) is 12.9. The molecule has 0 aliphatic carbocycles. The maximum absolute atomic E-state index is 12.7. The maximum atomic E-state index is 12.7. The molecule has 0 atom stereocenters. The number of hydrogen-bond donors (Lipinski definition) is 1. The molecule has 1 heterocycles. The van der Waals surface area contributed by atoms with Crippen molar-refractivity contribution >= 4 is 21.4 Å². The van der Waals surface area contributed by atoms with E-state index >= 15 is 0 Å². The van der Waals surface area contributed by atoms with E-state index in [4.69, 9.17) is 0 Å². The number of rotatable bonds is 7. The summed E-state index contributed by atoms with van der Waals surface area (Å²) in [5, 5.41) is 9.23. The molecule has 1 rings (SSSR count). The van der Waals surface area contributed by atoms with Crippen molar-refractivity contribution < 1.29 is 13.5 Å². The maximum Gasteiger partial charge on any atom is 0.252 e. The third kappa shape index (κ3) is 4.28. The Morgan fingerprint density at radius 3 is 2.05 bits per heavy atom. The van der Waals surface area contributed by atoms with E-state index < -0.39 is 10.0 Å². The Labute approximate surface area is 126 Å². The third-order valence-electron chi connectivity index (χ3n) is 2.87. The van der Waals surface area contributed by atoms with Gasteiger partial charge in [-0.1, -0.05) is 27.7 Å². The molecule has 0 radical (unpaired) electrons. The van der Waals surface area contributed by atoms with E-state index in [1.165, 1.54) is 11.3 Å². The summed E-state index contributed by atoms with van der Waals surface area (Å²) in [4.78, 5) is 0.720. The molecule has 1 N–H and O–H groups in total. The van der Waals surface area contributed by atoms with Crippen LogP contribution in [0.4, 0.5) is 0 Å². The van der Waals surface area contributed by atoms with Gasteiger partial charge in [0.15, 0.2) is 0 Å². The Balaban J connectivity index is 3.13. The number of sulfonamides is 1. The molecule has 20 heavy (non-hydrogen) atoms. The molecule has 1 aromatic rings. The molecule has 116 valence electrons. The minimum Gasteiger partial charge on any atom is -0.391 e. The van der Waals surface area contributed by atoms with Crippen molar-refractivity contribution in [2.45, 2.75) is 45.4 Å². The fraction of sp³-hybridized carbons (Fsp3) is 0.714. The van der Waals surface area contributed by atoms with Crippen LogP contribution in [-0.4, -0.2) is 30.9 Å². The predicted molar refractivity (Wildman–Crippen MR) is 83.4 cm³/mol. The molecule has 0 aliphatic rings. The molecule has 0 bridgehead atoms. The number of aliphatic hydroxyl groups excluding tert-OH is 1. The first-order chi connectivity index (χ1) is 9.18. The first kappa shape index (κ1) is 17.6. The monoisotopic (exact) mass is 319 g/mol. The minimum absolute atomic E-state index is 0.111. The highest BCUT2D eigenvalue weighted by atomic mass is 32.2. The second kappa shape index (κ2) is 7.02. The summed E-state index contributed by atoms with van der Waals surface area (Å²) < 4.78 is 27.4. The van der Waals surface area contributed by atoms with Gasteiger partial charge in [-0.25, -0.2) is 8.42 Å². The van der Waals surface area contributed by atoms with E-state index in [2.05, 4.69) is 0 Å². The van der Waals surface area contributed by atoms with Gasteiger partial charge in [-0.15, -0.1) is 11.3 Å². The molecule has 0 saturated carbocycles. The molecule has 0 aliphatic heterocycles. The number of nitrogens with zero attached hydrogens (tertiary/aromatic N) is 1. The van der Waals surface area contributed by atoms with Crippen LogP contribution in [0.2, 0.25) is 0 Å².